The molecule has 2 nitrogen and oxygen atoms in total. The first-order chi connectivity index (χ1) is 8.23. The zero-order chi connectivity index (χ0) is 13.7. The molecule has 0 bridgehead atoms. The molecule has 2 aromatic rings. The summed E-state index contributed by atoms with van der Waals surface area (Å²) in [5.74, 6) is -0.657. The van der Waals surface area contributed by atoms with Crippen LogP contribution in [0.25, 0.3) is 10.9 Å². The van der Waals surface area contributed by atoms with Crippen LogP contribution >= 0.6 is 0 Å². The fourth-order valence-electron chi connectivity index (χ4n) is 1.85. The predicted molar refractivity (Wildman–Crippen MR) is 59.0 cm³/mol. The van der Waals surface area contributed by atoms with Crippen LogP contribution in [0.15, 0.2) is 16.9 Å². The third-order valence-corrected chi connectivity index (χ3v) is 2.89. The summed E-state index contributed by atoms with van der Waals surface area (Å²) in [5.41, 5.74) is -2.40. The number of aromatic amines is 1. The molecule has 0 aliphatic heterocycles. The van der Waals surface area contributed by atoms with Gasteiger partial charge in [0.2, 0.25) is 0 Å². The lowest BCUT2D eigenvalue weighted by Crippen LogP contribution is -2.19. The minimum atomic E-state index is -4.67. The Bertz CT molecular complexity index is 685. The number of rotatable bonds is 0. The van der Waals surface area contributed by atoms with Crippen molar-refractivity contribution in [2.75, 3.05) is 0 Å². The van der Waals surface area contributed by atoms with Crippen molar-refractivity contribution in [3.63, 3.8) is 0 Å². The Morgan fingerprint density at radius 2 is 1.72 bits per heavy atom. The van der Waals surface area contributed by atoms with Crippen LogP contribution in [0.2, 0.25) is 0 Å². The van der Waals surface area contributed by atoms with Crippen molar-refractivity contribution < 1.29 is 17.6 Å². The lowest BCUT2D eigenvalue weighted by Gasteiger charge is -2.12. The normalized spacial score (nSPS) is 12.1. The molecule has 0 amide bonds. The molecule has 0 spiro atoms. The summed E-state index contributed by atoms with van der Waals surface area (Å²) >= 11 is 0. The molecule has 1 aromatic heterocycles. The zero-order valence-electron chi connectivity index (χ0n) is 9.57. The van der Waals surface area contributed by atoms with Crippen molar-refractivity contribution in [3.05, 3.63) is 45.0 Å². The molecular formula is C12H9F4NO. The Labute approximate surface area is 99.3 Å². The minimum Gasteiger partial charge on any atom is -0.350 e. The SMILES string of the molecule is Cc1c(C(F)(F)F)[nH]c2c(C)c(F)ccc2c1=O. The lowest BCUT2D eigenvalue weighted by molar-refractivity contribution is -0.141. The fraction of sp³-hybridized carbons (Fsp3) is 0.250. The van der Waals surface area contributed by atoms with Gasteiger partial charge in [0.05, 0.1) is 5.52 Å². The lowest BCUT2D eigenvalue weighted by atomic mass is 10.1. The van der Waals surface area contributed by atoms with E-state index < -0.39 is 28.7 Å². The van der Waals surface area contributed by atoms with Crippen molar-refractivity contribution >= 4 is 10.9 Å². The molecule has 0 unspecified atom stereocenters. The quantitative estimate of drug-likeness (QED) is 0.723. The average molecular weight is 259 g/mol. The van der Waals surface area contributed by atoms with Crippen LogP contribution in [0.5, 0.6) is 0 Å². The van der Waals surface area contributed by atoms with Crippen LogP contribution in [-0.4, -0.2) is 4.98 Å². The Hall–Kier alpha value is -1.85. The monoisotopic (exact) mass is 259 g/mol. The number of nitrogens with one attached hydrogen (secondary N) is 1. The Kier molecular flexibility index (Phi) is 2.68. The molecule has 0 aliphatic rings. The van der Waals surface area contributed by atoms with Crippen molar-refractivity contribution in [3.8, 4) is 0 Å². The first-order valence-corrected chi connectivity index (χ1v) is 5.12. The van der Waals surface area contributed by atoms with Crippen molar-refractivity contribution in [2.24, 2.45) is 0 Å². The topological polar surface area (TPSA) is 32.9 Å². The van der Waals surface area contributed by atoms with E-state index in [-0.39, 0.29) is 16.5 Å². The third-order valence-electron chi connectivity index (χ3n) is 2.89. The summed E-state index contributed by atoms with van der Waals surface area (Å²) in [4.78, 5) is 13.9. The molecule has 0 radical (unpaired) electrons. The van der Waals surface area contributed by atoms with Gasteiger partial charge in [-0.15, -0.1) is 0 Å². The van der Waals surface area contributed by atoms with Crippen molar-refractivity contribution in [2.45, 2.75) is 20.0 Å². The molecule has 0 saturated heterocycles. The molecule has 96 valence electrons. The maximum Gasteiger partial charge on any atom is 0.431 e. The van der Waals surface area contributed by atoms with Gasteiger partial charge >= 0.3 is 6.18 Å². The highest BCUT2D eigenvalue weighted by molar-refractivity contribution is 5.82. The van der Waals surface area contributed by atoms with Gasteiger partial charge in [0.25, 0.3) is 0 Å². The number of aryl methyl sites for hydroxylation is 1. The van der Waals surface area contributed by atoms with Crippen LogP contribution in [0.3, 0.4) is 0 Å². The molecule has 0 aliphatic carbocycles. The summed E-state index contributed by atoms with van der Waals surface area (Å²) in [5, 5.41) is 0.0550. The van der Waals surface area contributed by atoms with E-state index in [4.69, 9.17) is 0 Å². The van der Waals surface area contributed by atoms with E-state index in [1.165, 1.54) is 13.0 Å². The van der Waals surface area contributed by atoms with Crippen molar-refractivity contribution in [1.82, 2.24) is 4.98 Å². The second-order valence-corrected chi connectivity index (χ2v) is 4.05. The van der Waals surface area contributed by atoms with Gasteiger partial charge < -0.3 is 4.98 Å². The van der Waals surface area contributed by atoms with Gasteiger partial charge in [-0.1, -0.05) is 0 Å². The van der Waals surface area contributed by atoms with E-state index in [9.17, 15) is 22.4 Å². The number of alkyl halides is 3. The second-order valence-electron chi connectivity index (χ2n) is 4.05. The first kappa shape index (κ1) is 12.6. The second kappa shape index (κ2) is 3.83. The van der Waals surface area contributed by atoms with Crippen molar-refractivity contribution in [1.29, 1.82) is 0 Å². The van der Waals surface area contributed by atoms with Gasteiger partial charge in [0.15, 0.2) is 5.43 Å². The smallest absolute Gasteiger partial charge is 0.350 e. The van der Waals surface area contributed by atoms with E-state index in [1.54, 1.807) is 0 Å². The maximum absolute atomic E-state index is 13.3. The zero-order valence-corrected chi connectivity index (χ0v) is 9.57. The predicted octanol–water partition coefficient (Wildman–Crippen LogP) is 3.30. The molecule has 2 rings (SSSR count). The van der Waals surface area contributed by atoms with Gasteiger partial charge in [-0.3, -0.25) is 4.79 Å². The molecule has 1 aromatic carbocycles. The fourth-order valence-corrected chi connectivity index (χ4v) is 1.85. The van der Waals surface area contributed by atoms with E-state index in [1.807, 2.05) is 0 Å². The summed E-state index contributed by atoms with van der Waals surface area (Å²) < 4.78 is 51.5. The number of fused-ring (bicyclic) bond motifs is 1. The largest absolute Gasteiger partial charge is 0.431 e. The summed E-state index contributed by atoms with van der Waals surface area (Å²) in [6, 6.07) is 2.25. The van der Waals surface area contributed by atoms with Gasteiger partial charge in [-0.25, -0.2) is 4.39 Å². The third kappa shape index (κ3) is 1.77. The molecule has 1 heterocycles. The number of aromatic nitrogens is 1. The van der Waals surface area contributed by atoms with Crippen LogP contribution in [-0.2, 0) is 6.18 Å². The Balaban J connectivity index is 2.99. The standard InChI is InChI=1S/C12H9F4NO/c1-5-8(13)4-3-7-9(5)17-11(12(14,15)16)6(2)10(7)18/h3-4H,1-2H3,(H,17,18). The maximum atomic E-state index is 13.3. The molecule has 6 heteroatoms. The van der Waals surface area contributed by atoms with Gasteiger partial charge in [-0.2, -0.15) is 13.2 Å². The number of H-pyrrole nitrogens is 1. The summed E-state index contributed by atoms with van der Waals surface area (Å²) in [6.07, 6.45) is -4.67. The minimum absolute atomic E-state index is 0.00454. The van der Waals surface area contributed by atoms with E-state index >= 15 is 0 Å². The van der Waals surface area contributed by atoms with E-state index in [2.05, 4.69) is 4.98 Å². The Morgan fingerprint density at radius 3 is 2.28 bits per heavy atom. The van der Waals surface area contributed by atoms with E-state index in [0.717, 1.165) is 13.0 Å². The summed E-state index contributed by atoms with van der Waals surface area (Å²) in [7, 11) is 0. The van der Waals surface area contributed by atoms with Gasteiger partial charge in [0, 0.05) is 16.5 Å². The number of halogens is 4. The van der Waals surface area contributed by atoms with Crippen LogP contribution < -0.4 is 5.43 Å². The highest BCUT2D eigenvalue weighted by Crippen LogP contribution is 2.30. The van der Waals surface area contributed by atoms with Gasteiger partial charge in [-0.05, 0) is 26.0 Å². The summed E-state index contributed by atoms with van der Waals surface area (Å²) in [6.45, 7) is 2.42. The molecule has 0 saturated carbocycles. The van der Waals surface area contributed by atoms with Crippen LogP contribution in [0.4, 0.5) is 17.6 Å². The van der Waals surface area contributed by atoms with E-state index in [0.29, 0.717) is 0 Å². The molecule has 0 fully saturated rings. The number of hydrogen-bond acceptors (Lipinski definition) is 1. The molecular weight excluding hydrogens is 250 g/mol. The first-order valence-electron chi connectivity index (χ1n) is 5.12. The van der Waals surface area contributed by atoms with Crippen LogP contribution in [0.1, 0.15) is 16.8 Å². The van der Waals surface area contributed by atoms with Gasteiger partial charge in [0.1, 0.15) is 11.5 Å². The Morgan fingerprint density at radius 1 is 1.11 bits per heavy atom. The number of benzene rings is 1. The molecule has 18 heavy (non-hydrogen) atoms. The van der Waals surface area contributed by atoms with Crippen LogP contribution in [0, 0.1) is 19.7 Å². The highest BCUT2D eigenvalue weighted by Gasteiger charge is 2.35. The number of pyridine rings is 1. The average Bonchev–Trinajstić information content (AvgIpc) is 2.26. The highest BCUT2D eigenvalue weighted by atomic mass is 19.4. The molecule has 0 atom stereocenters. The number of hydrogen-bond donors (Lipinski definition) is 1. The molecule has 1 N–H and O–H groups in total.